The highest BCUT2D eigenvalue weighted by molar-refractivity contribution is 6.52. The zero-order valence-electron chi connectivity index (χ0n) is 17.2. The van der Waals surface area contributed by atoms with Gasteiger partial charge in [-0.2, -0.15) is 0 Å². The summed E-state index contributed by atoms with van der Waals surface area (Å²) in [6.45, 7) is 0. The van der Waals surface area contributed by atoms with Crippen molar-refractivity contribution >= 4 is 57.1 Å². The molecule has 1 N–H and O–H groups in total. The van der Waals surface area contributed by atoms with Crippen molar-refractivity contribution < 1.29 is 14.7 Å². The molecule has 1 aliphatic heterocycles. The average Bonchev–Trinajstić information content (AvgIpc) is 3.09. The maximum absolute atomic E-state index is 13.3. The molecule has 1 aliphatic rings. The molecule has 1 saturated heterocycles. The number of halogens is 2. The zero-order chi connectivity index (χ0) is 23.1. The third-order valence-corrected chi connectivity index (χ3v) is 6.25. The van der Waals surface area contributed by atoms with E-state index in [0.29, 0.717) is 21.3 Å². The topological polar surface area (TPSA) is 57.6 Å². The van der Waals surface area contributed by atoms with Crippen LogP contribution in [0.2, 0.25) is 10.0 Å². The molecule has 33 heavy (non-hydrogen) atoms. The quantitative estimate of drug-likeness (QED) is 0.203. The minimum absolute atomic E-state index is 0.00793. The van der Waals surface area contributed by atoms with Gasteiger partial charge in [0.25, 0.3) is 11.7 Å². The minimum Gasteiger partial charge on any atom is -0.507 e. The molecule has 0 saturated carbocycles. The van der Waals surface area contributed by atoms with E-state index in [2.05, 4.69) is 0 Å². The lowest BCUT2D eigenvalue weighted by molar-refractivity contribution is -0.132. The van der Waals surface area contributed by atoms with Crippen molar-refractivity contribution in [2.75, 3.05) is 4.90 Å². The molecule has 0 spiro atoms. The van der Waals surface area contributed by atoms with Gasteiger partial charge < -0.3 is 5.11 Å². The van der Waals surface area contributed by atoms with Gasteiger partial charge in [0.05, 0.1) is 11.6 Å². The summed E-state index contributed by atoms with van der Waals surface area (Å²) in [6, 6.07) is 25.8. The number of ketones is 1. The van der Waals surface area contributed by atoms with E-state index in [1.54, 1.807) is 48.5 Å². The van der Waals surface area contributed by atoms with Crippen LogP contribution in [0.25, 0.3) is 16.5 Å². The van der Waals surface area contributed by atoms with Crippen molar-refractivity contribution in [2.45, 2.75) is 6.04 Å². The number of hydrogen-bond donors (Lipinski definition) is 1. The Balaban J connectivity index is 1.81. The lowest BCUT2D eigenvalue weighted by Crippen LogP contribution is -2.29. The molecule has 0 radical (unpaired) electrons. The van der Waals surface area contributed by atoms with E-state index in [1.165, 1.54) is 4.90 Å². The van der Waals surface area contributed by atoms with Gasteiger partial charge in [-0.3, -0.25) is 14.5 Å². The van der Waals surface area contributed by atoms with Gasteiger partial charge in [-0.1, -0.05) is 77.8 Å². The van der Waals surface area contributed by atoms with E-state index < -0.39 is 17.7 Å². The number of amides is 1. The fourth-order valence-electron chi connectivity index (χ4n) is 4.27. The van der Waals surface area contributed by atoms with Crippen LogP contribution in [0.5, 0.6) is 0 Å². The summed E-state index contributed by atoms with van der Waals surface area (Å²) in [7, 11) is 0. The third-order valence-electron chi connectivity index (χ3n) is 5.77. The van der Waals surface area contributed by atoms with Crippen molar-refractivity contribution in [2.24, 2.45) is 0 Å². The smallest absolute Gasteiger partial charge is 0.300 e. The first-order valence-corrected chi connectivity index (χ1v) is 11.0. The lowest BCUT2D eigenvalue weighted by atomic mass is 9.91. The number of fused-ring (bicyclic) bond motifs is 1. The number of rotatable bonds is 3. The van der Waals surface area contributed by atoms with E-state index >= 15 is 0 Å². The molecule has 162 valence electrons. The van der Waals surface area contributed by atoms with Crippen LogP contribution < -0.4 is 4.90 Å². The first-order valence-electron chi connectivity index (χ1n) is 10.3. The Hall–Kier alpha value is -3.60. The fraction of sp³-hybridized carbons (Fsp3) is 0.0370. The number of carbonyl (C=O) groups is 2. The van der Waals surface area contributed by atoms with Gasteiger partial charge in [-0.05, 0) is 52.7 Å². The molecule has 0 aliphatic carbocycles. The molecule has 1 atom stereocenters. The van der Waals surface area contributed by atoms with Gasteiger partial charge in [0.2, 0.25) is 0 Å². The van der Waals surface area contributed by atoms with Crippen LogP contribution in [-0.2, 0) is 9.59 Å². The van der Waals surface area contributed by atoms with Crippen LogP contribution in [0, 0.1) is 0 Å². The number of Topliss-reactive ketones (excluding diaryl/α,β-unsaturated/α-hetero) is 1. The molecule has 1 amide bonds. The Bertz CT molecular complexity index is 1440. The summed E-state index contributed by atoms with van der Waals surface area (Å²) in [5, 5.41) is 14.0. The highest BCUT2D eigenvalue weighted by atomic mass is 35.5. The number of benzene rings is 4. The number of anilines is 1. The second kappa shape index (κ2) is 8.39. The monoisotopic (exact) mass is 473 g/mol. The number of carbonyl (C=O) groups excluding carboxylic acids is 2. The number of hydrogen-bond acceptors (Lipinski definition) is 3. The fourth-order valence-corrected chi connectivity index (χ4v) is 4.59. The van der Waals surface area contributed by atoms with E-state index in [9.17, 15) is 14.7 Å². The normalized spacial score (nSPS) is 17.6. The molecular formula is C27H17Cl2NO3. The Morgan fingerprint density at radius 3 is 2.24 bits per heavy atom. The summed E-state index contributed by atoms with van der Waals surface area (Å²) in [6.07, 6.45) is 0. The van der Waals surface area contributed by atoms with E-state index in [1.807, 2.05) is 42.5 Å². The van der Waals surface area contributed by atoms with Crippen molar-refractivity contribution in [1.82, 2.24) is 0 Å². The molecule has 5 rings (SSSR count). The Morgan fingerprint density at radius 1 is 0.788 bits per heavy atom. The second-order valence-corrected chi connectivity index (χ2v) is 8.60. The van der Waals surface area contributed by atoms with Crippen LogP contribution in [-0.4, -0.2) is 16.8 Å². The average molecular weight is 474 g/mol. The summed E-state index contributed by atoms with van der Waals surface area (Å²) in [5.74, 6) is -1.76. The van der Waals surface area contributed by atoms with Crippen LogP contribution >= 0.6 is 23.2 Å². The maximum Gasteiger partial charge on any atom is 0.300 e. The predicted molar refractivity (Wildman–Crippen MR) is 132 cm³/mol. The summed E-state index contributed by atoms with van der Waals surface area (Å²) in [4.78, 5) is 28.0. The van der Waals surface area contributed by atoms with Crippen LogP contribution in [0.4, 0.5) is 5.69 Å². The molecule has 1 heterocycles. The lowest BCUT2D eigenvalue weighted by Gasteiger charge is -2.26. The number of nitrogens with zero attached hydrogens (tertiary/aromatic N) is 1. The molecule has 0 aromatic heterocycles. The SMILES string of the molecule is O=C1C(=O)N(c2ccc(Cl)cc2)C(c2cccc3ccccc23)/C1=C(/O)c1cccc(Cl)c1. The van der Waals surface area contributed by atoms with Gasteiger partial charge in [-0.15, -0.1) is 0 Å². The first-order chi connectivity index (χ1) is 16.0. The largest absolute Gasteiger partial charge is 0.507 e. The molecular weight excluding hydrogens is 457 g/mol. The molecule has 4 aromatic rings. The summed E-state index contributed by atoms with van der Waals surface area (Å²) >= 11 is 12.2. The van der Waals surface area contributed by atoms with Gasteiger partial charge in [-0.25, -0.2) is 0 Å². The summed E-state index contributed by atoms with van der Waals surface area (Å²) < 4.78 is 0. The Kier molecular flexibility index (Phi) is 5.41. The first kappa shape index (κ1) is 21.3. The summed E-state index contributed by atoms with van der Waals surface area (Å²) in [5.41, 5.74) is 1.60. The molecule has 1 unspecified atom stereocenters. The molecule has 4 aromatic carbocycles. The van der Waals surface area contributed by atoms with E-state index in [-0.39, 0.29) is 11.3 Å². The zero-order valence-corrected chi connectivity index (χ0v) is 18.7. The van der Waals surface area contributed by atoms with Crippen molar-refractivity contribution in [3.05, 3.63) is 118 Å². The third kappa shape index (κ3) is 3.67. The Labute approximate surface area is 200 Å². The Morgan fingerprint density at radius 2 is 1.48 bits per heavy atom. The number of aliphatic hydroxyl groups is 1. The van der Waals surface area contributed by atoms with Gasteiger partial charge >= 0.3 is 0 Å². The molecule has 1 fully saturated rings. The molecule has 0 bridgehead atoms. The van der Waals surface area contributed by atoms with Crippen molar-refractivity contribution in [3.63, 3.8) is 0 Å². The van der Waals surface area contributed by atoms with Gasteiger partial charge in [0.1, 0.15) is 5.76 Å². The van der Waals surface area contributed by atoms with Crippen LogP contribution in [0.15, 0.2) is 96.6 Å². The van der Waals surface area contributed by atoms with Crippen molar-refractivity contribution in [3.8, 4) is 0 Å². The predicted octanol–water partition coefficient (Wildman–Crippen LogP) is 6.77. The number of aliphatic hydroxyl groups excluding tert-OH is 1. The molecule has 6 heteroatoms. The highest BCUT2D eigenvalue weighted by Gasteiger charge is 2.47. The van der Waals surface area contributed by atoms with E-state index in [0.717, 1.165) is 16.3 Å². The minimum atomic E-state index is -0.837. The van der Waals surface area contributed by atoms with Crippen LogP contribution in [0.1, 0.15) is 17.2 Å². The van der Waals surface area contributed by atoms with Crippen molar-refractivity contribution in [1.29, 1.82) is 0 Å². The second-order valence-electron chi connectivity index (χ2n) is 7.72. The maximum atomic E-state index is 13.3. The molecule has 4 nitrogen and oxygen atoms in total. The van der Waals surface area contributed by atoms with Crippen LogP contribution in [0.3, 0.4) is 0 Å². The highest BCUT2D eigenvalue weighted by Crippen LogP contribution is 2.44. The van der Waals surface area contributed by atoms with Gasteiger partial charge in [0, 0.05) is 21.3 Å². The standard InChI is InChI=1S/C27H17Cl2NO3/c28-18-11-13-20(14-12-18)30-24(22-10-4-6-16-5-1-2-9-21(16)22)23(26(32)27(30)33)25(31)17-7-3-8-19(29)15-17/h1-15,24,31H/b25-23-. The van der Waals surface area contributed by atoms with Gasteiger partial charge in [0.15, 0.2) is 0 Å². The van der Waals surface area contributed by atoms with E-state index in [4.69, 9.17) is 23.2 Å².